The molecular formula is C30H30N4O. The number of methoxy groups -OCH3 is 1. The van der Waals surface area contributed by atoms with Crippen molar-refractivity contribution in [1.82, 2.24) is 14.6 Å². The second-order valence-corrected chi connectivity index (χ2v) is 8.94. The number of allylic oxidation sites excluding steroid dienone is 5. The molecule has 176 valence electrons. The van der Waals surface area contributed by atoms with Crippen LogP contribution in [0.15, 0.2) is 91.5 Å². The molecule has 1 aliphatic rings. The normalized spacial score (nSPS) is 15.3. The number of hydrogen-bond acceptors (Lipinski definition) is 4. The van der Waals surface area contributed by atoms with Crippen LogP contribution in [0, 0.1) is 0 Å². The molecule has 0 aliphatic heterocycles. The van der Waals surface area contributed by atoms with Gasteiger partial charge in [-0.15, -0.1) is 5.10 Å². The van der Waals surface area contributed by atoms with Gasteiger partial charge >= 0.3 is 0 Å². The van der Waals surface area contributed by atoms with E-state index in [0.29, 0.717) is 5.88 Å². The van der Waals surface area contributed by atoms with Gasteiger partial charge in [0.05, 0.1) is 12.8 Å². The zero-order valence-corrected chi connectivity index (χ0v) is 20.2. The highest BCUT2D eigenvalue weighted by molar-refractivity contribution is 5.88. The summed E-state index contributed by atoms with van der Waals surface area (Å²) in [6.07, 6.45) is 11.0. The van der Waals surface area contributed by atoms with Crippen LogP contribution in [0.25, 0.3) is 33.7 Å². The number of aromatic nitrogens is 3. The van der Waals surface area contributed by atoms with Gasteiger partial charge in [-0.05, 0) is 37.3 Å². The molecule has 2 aromatic heterocycles. The molecule has 0 radical (unpaired) electrons. The Morgan fingerprint density at radius 3 is 2.43 bits per heavy atom. The zero-order chi connectivity index (χ0) is 24.4. The van der Waals surface area contributed by atoms with Crippen LogP contribution >= 0.6 is 0 Å². The summed E-state index contributed by atoms with van der Waals surface area (Å²) in [7, 11) is 1.63. The van der Waals surface area contributed by atoms with E-state index in [1.54, 1.807) is 13.2 Å². The van der Waals surface area contributed by atoms with Gasteiger partial charge in [0.2, 0.25) is 5.88 Å². The summed E-state index contributed by atoms with van der Waals surface area (Å²) in [5.74, 6) is 0.519. The largest absolute Gasteiger partial charge is 0.480 e. The number of imidazole rings is 1. The van der Waals surface area contributed by atoms with Crippen LogP contribution in [0.1, 0.15) is 37.3 Å². The number of hydrogen-bond donors (Lipinski definition) is 1. The maximum atomic E-state index is 6.57. The molecule has 2 aromatic carbocycles. The molecule has 0 bridgehead atoms. The molecule has 0 saturated heterocycles. The minimum Gasteiger partial charge on any atom is -0.480 e. The highest BCUT2D eigenvalue weighted by atomic mass is 16.5. The lowest BCUT2D eigenvalue weighted by molar-refractivity contribution is 0.253. The lowest BCUT2D eigenvalue weighted by atomic mass is 9.72. The van der Waals surface area contributed by atoms with Crippen molar-refractivity contribution < 1.29 is 4.74 Å². The molecular weight excluding hydrogens is 432 g/mol. The third kappa shape index (κ3) is 4.08. The van der Waals surface area contributed by atoms with Crippen LogP contribution in [-0.2, 0) is 5.54 Å². The summed E-state index contributed by atoms with van der Waals surface area (Å²) >= 11 is 0. The molecule has 1 saturated carbocycles. The van der Waals surface area contributed by atoms with Crippen molar-refractivity contribution in [1.29, 1.82) is 0 Å². The fourth-order valence-electron chi connectivity index (χ4n) is 4.69. The smallest absolute Gasteiger partial charge is 0.232 e. The second-order valence-electron chi connectivity index (χ2n) is 8.94. The van der Waals surface area contributed by atoms with Gasteiger partial charge in [0, 0.05) is 28.3 Å². The monoisotopic (exact) mass is 462 g/mol. The Hall–Kier alpha value is -3.96. The van der Waals surface area contributed by atoms with E-state index in [4.69, 9.17) is 20.6 Å². The molecule has 2 heterocycles. The van der Waals surface area contributed by atoms with Gasteiger partial charge in [-0.2, -0.15) is 0 Å². The van der Waals surface area contributed by atoms with E-state index in [-0.39, 0.29) is 5.54 Å². The van der Waals surface area contributed by atoms with E-state index in [1.807, 2.05) is 47.9 Å². The molecule has 0 atom stereocenters. The van der Waals surface area contributed by atoms with Crippen LogP contribution in [0.3, 0.4) is 0 Å². The van der Waals surface area contributed by atoms with E-state index in [0.717, 1.165) is 52.1 Å². The van der Waals surface area contributed by atoms with Crippen LogP contribution in [0.5, 0.6) is 5.88 Å². The first-order valence-corrected chi connectivity index (χ1v) is 12.0. The van der Waals surface area contributed by atoms with Crippen molar-refractivity contribution in [3.63, 3.8) is 0 Å². The minimum atomic E-state index is -0.194. The molecule has 0 spiro atoms. The maximum Gasteiger partial charge on any atom is 0.232 e. The van der Waals surface area contributed by atoms with Crippen molar-refractivity contribution in [3.8, 4) is 28.4 Å². The highest BCUT2D eigenvalue weighted by Crippen LogP contribution is 2.40. The molecule has 5 rings (SSSR count). The summed E-state index contributed by atoms with van der Waals surface area (Å²) in [5, 5.41) is 4.79. The number of ether oxygens (including phenoxy) is 1. The Kier molecular flexibility index (Phi) is 6.10. The summed E-state index contributed by atoms with van der Waals surface area (Å²) in [6.45, 7) is 5.82. The zero-order valence-electron chi connectivity index (χ0n) is 20.2. The van der Waals surface area contributed by atoms with Crippen molar-refractivity contribution in [2.75, 3.05) is 7.11 Å². The van der Waals surface area contributed by atoms with Crippen LogP contribution < -0.4 is 10.5 Å². The molecule has 1 aliphatic carbocycles. The van der Waals surface area contributed by atoms with Gasteiger partial charge in [-0.25, -0.2) is 9.50 Å². The van der Waals surface area contributed by atoms with Crippen molar-refractivity contribution in [2.45, 2.75) is 31.7 Å². The first kappa shape index (κ1) is 22.8. The number of rotatable bonds is 7. The Balaban J connectivity index is 1.77. The molecule has 4 aromatic rings. The minimum absolute atomic E-state index is 0.194. The molecule has 5 heteroatoms. The predicted octanol–water partition coefficient (Wildman–Crippen LogP) is 6.56. The lowest BCUT2D eigenvalue weighted by Gasteiger charge is -2.38. The van der Waals surface area contributed by atoms with E-state index in [1.165, 1.54) is 12.0 Å². The van der Waals surface area contributed by atoms with E-state index >= 15 is 0 Å². The fourth-order valence-corrected chi connectivity index (χ4v) is 4.69. The number of fused-ring (bicyclic) bond motifs is 1. The average Bonchev–Trinajstić information content (AvgIpc) is 3.27. The number of nitrogens with zero attached hydrogens (tertiary/aromatic N) is 3. The summed E-state index contributed by atoms with van der Waals surface area (Å²) in [6, 6.07) is 20.7. The Bertz CT molecular complexity index is 1430. The standard InChI is InChI=1S/C30H30N4O/c1-4-6-11-21(5-2)25-20-26(35-3)33-34-28(23-12-8-7-9-13-23)27(32-29(25)34)22-14-16-24(17-15-22)30(31)18-10-19-30/h4-9,11-17,20H,1,10,18-19,31H2,2-3H3/b11-6-,21-5+. The number of nitrogens with two attached hydrogens (primary N) is 1. The van der Waals surface area contributed by atoms with Gasteiger partial charge in [0.1, 0.15) is 5.69 Å². The van der Waals surface area contributed by atoms with Gasteiger partial charge < -0.3 is 10.5 Å². The van der Waals surface area contributed by atoms with E-state index < -0.39 is 0 Å². The molecule has 0 unspecified atom stereocenters. The number of benzene rings is 2. The Morgan fingerprint density at radius 1 is 1.09 bits per heavy atom. The molecule has 5 nitrogen and oxygen atoms in total. The topological polar surface area (TPSA) is 65.4 Å². The van der Waals surface area contributed by atoms with E-state index in [2.05, 4.69) is 49.1 Å². The Morgan fingerprint density at radius 2 is 1.83 bits per heavy atom. The molecule has 1 fully saturated rings. The SMILES string of the molecule is C=C/C=C\C(=C/C)c1cc(OC)nn2c(-c3ccccc3)c(-c3ccc(C4(N)CCC4)cc3)nc12. The van der Waals surface area contributed by atoms with Crippen LogP contribution in [0.4, 0.5) is 0 Å². The Labute approximate surface area is 206 Å². The summed E-state index contributed by atoms with van der Waals surface area (Å²) in [4.78, 5) is 5.15. The quantitative estimate of drug-likeness (QED) is 0.316. The van der Waals surface area contributed by atoms with Crippen molar-refractivity contribution in [2.24, 2.45) is 5.73 Å². The molecule has 0 amide bonds. The van der Waals surface area contributed by atoms with Gasteiger partial charge in [-0.3, -0.25) is 0 Å². The fraction of sp³-hybridized carbons (Fsp3) is 0.200. The van der Waals surface area contributed by atoms with Crippen molar-refractivity contribution >= 4 is 11.2 Å². The second kappa shape index (κ2) is 9.35. The van der Waals surface area contributed by atoms with Crippen LogP contribution in [0.2, 0.25) is 0 Å². The van der Waals surface area contributed by atoms with E-state index in [9.17, 15) is 0 Å². The summed E-state index contributed by atoms with van der Waals surface area (Å²) in [5.41, 5.74) is 14.1. The first-order valence-electron chi connectivity index (χ1n) is 12.0. The third-order valence-electron chi connectivity index (χ3n) is 6.83. The molecule has 2 N–H and O–H groups in total. The highest BCUT2D eigenvalue weighted by Gasteiger charge is 2.34. The van der Waals surface area contributed by atoms with Crippen molar-refractivity contribution in [3.05, 3.63) is 103 Å². The van der Waals surface area contributed by atoms with Gasteiger partial charge in [0.25, 0.3) is 0 Å². The lowest BCUT2D eigenvalue weighted by Crippen LogP contribution is -2.43. The summed E-state index contributed by atoms with van der Waals surface area (Å²) < 4.78 is 7.49. The first-order chi connectivity index (χ1) is 17.1. The maximum absolute atomic E-state index is 6.57. The van der Waals surface area contributed by atoms with Gasteiger partial charge in [-0.1, -0.05) is 85.5 Å². The third-order valence-corrected chi connectivity index (χ3v) is 6.83. The average molecular weight is 463 g/mol. The van der Waals surface area contributed by atoms with Gasteiger partial charge in [0.15, 0.2) is 5.65 Å². The molecule has 35 heavy (non-hydrogen) atoms. The van der Waals surface area contributed by atoms with Crippen LogP contribution in [-0.4, -0.2) is 21.7 Å². The predicted molar refractivity (Wildman–Crippen MR) is 143 cm³/mol.